The number of likely N-dealkylation sites (tertiary alicyclic amines) is 1. The molecule has 0 bridgehead atoms. The molecule has 3 aromatic rings. The lowest BCUT2D eigenvalue weighted by atomic mass is 10.0. The fraction of sp³-hybridized carbons (Fsp3) is 0.379. The summed E-state index contributed by atoms with van der Waals surface area (Å²) >= 11 is 0. The molecule has 0 aliphatic carbocycles. The van der Waals surface area contributed by atoms with Gasteiger partial charge in [-0.15, -0.1) is 5.10 Å². The maximum absolute atomic E-state index is 13.2. The Bertz CT molecular complexity index is 1360. The van der Waals surface area contributed by atoms with E-state index in [-0.39, 0.29) is 11.9 Å². The van der Waals surface area contributed by atoms with Gasteiger partial charge in [0.15, 0.2) is 5.65 Å². The number of rotatable bonds is 8. The van der Waals surface area contributed by atoms with Crippen LogP contribution in [0.2, 0.25) is 0 Å². The summed E-state index contributed by atoms with van der Waals surface area (Å²) in [6, 6.07) is 13.9. The van der Waals surface area contributed by atoms with Crippen LogP contribution in [-0.4, -0.2) is 76.1 Å². The number of anilines is 2. The van der Waals surface area contributed by atoms with Crippen LogP contribution in [0.15, 0.2) is 60.8 Å². The van der Waals surface area contributed by atoms with Crippen LogP contribution >= 0.6 is 0 Å². The van der Waals surface area contributed by atoms with Crippen LogP contribution in [0.25, 0.3) is 11.2 Å². The van der Waals surface area contributed by atoms with E-state index < -0.39 is 0 Å². The van der Waals surface area contributed by atoms with Crippen LogP contribution in [0.3, 0.4) is 0 Å². The van der Waals surface area contributed by atoms with Crippen molar-refractivity contribution in [3.63, 3.8) is 0 Å². The molecule has 196 valence electrons. The largest absolute Gasteiger partial charge is 0.339 e. The van der Waals surface area contributed by atoms with Crippen molar-refractivity contribution in [1.29, 1.82) is 5.26 Å². The van der Waals surface area contributed by atoms with Crippen LogP contribution in [0.4, 0.5) is 11.6 Å². The molecule has 0 spiro atoms. The third kappa shape index (κ3) is 5.93. The van der Waals surface area contributed by atoms with Crippen molar-refractivity contribution >= 4 is 28.8 Å². The minimum atomic E-state index is 0.0395. The van der Waals surface area contributed by atoms with Crippen molar-refractivity contribution in [1.82, 2.24) is 29.7 Å². The van der Waals surface area contributed by atoms with E-state index in [4.69, 9.17) is 10.2 Å². The quantitative estimate of drug-likeness (QED) is 0.444. The molecular formula is C29H34N8O. The molecule has 1 amide bonds. The second kappa shape index (κ2) is 12.0. The zero-order chi connectivity index (χ0) is 26.3. The molecule has 0 atom stereocenters. The van der Waals surface area contributed by atoms with Gasteiger partial charge in [0.2, 0.25) is 5.95 Å². The zero-order valence-electron chi connectivity index (χ0n) is 21.8. The van der Waals surface area contributed by atoms with Crippen LogP contribution in [-0.2, 0) is 0 Å². The van der Waals surface area contributed by atoms with E-state index in [1.54, 1.807) is 0 Å². The van der Waals surface area contributed by atoms with Crippen molar-refractivity contribution in [3.8, 4) is 6.07 Å². The number of amides is 1. The SMILES string of the molecule is CN(C(=O)c1ccc(Nc2nc3c(C4=CCNCC4)cccn3n2)cc1)C1CCN(CCC=CC#N)CC1. The summed E-state index contributed by atoms with van der Waals surface area (Å²) in [6.07, 6.45) is 11.3. The van der Waals surface area contributed by atoms with Crippen LogP contribution in [0.5, 0.6) is 0 Å². The number of nitrogens with one attached hydrogen (secondary N) is 2. The molecule has 0 radical (unpaired) electrons. The number of nitrogens with zero attached hydrogens (tertiary/aromatic N) is 6. The first-order valence-electron chi connectivity index (χ1n) is 13.3. The molecule has 2 N–H and O–H groups in total. The molecule has 0 saturated carbocycles. The Labute approximate surface area is 223 Å². The van der Waals surface area contributed by atoms with Gasteiger partial charge in [-0.2, -0.15) is 10.2 Å². The average molecular weight is 511 g/mol. The molecule has 38 heavy (non-hydrogen) atoms. The summed E-state index contributed by atoms with van der Waals surface area (Å²) in [6.45, 7) is 4.72. The summed E-state index contributed by atoms with van der Waals surface area (Å²) in [5.74, 6) is 0.566. The van der Waals surface area contributed by atoms with Gasteiger partial charge in [-0.25, -0.2) is 4.52 Å². The van der Waals surface area contributed by atoms with E-state index in [1.165, 1.54) is 11.6 Å². The first-order chi connectivity index (χ1) is 18.6. The minimum Gasteiger partial charge on any atom is -0.339 e. The third-order valence-electron chi connectivity index (χ3n) is 7.39. The predicted octanol–water partition coefficient (Wildman–Crippen LogP) is 3.86. The van der Waals surface area contributed by atoms with Crippen LogP contribution in [0, 0.1) is 11.3 Å². The van der Waals surface area contributed by atoms with Gasteiger partial charge in [0.05, 0.1) is 6.07 Å². The molecule has 9 nitrogen and oxygen atoms in total. The van der Waals surface area contributed by atoms with E-state index in [2.05, 4.69) is 32.8 Å². The van der Waals surface area contributed by atoms with Gasteiger partial charge >= 0.3 is 0 Å². The lowest BCUT2D eigenvalue weighted by Gasteiger charge is -2.36. The lowest BCUT2D eigenvalue weighted by molar-refractivity contribution is 0.0644. The monoisotopic (exact) mass is 510 g/mol. The van der Waals surface area contributed by atoms with Crippen molar-refractivity contribution in [3.05, 3.63) is 72.0 Å². The topological polar surface area (TPSA) is 102 Å². The molecule has 2 aromatic heterocycles. The highest BCUT2D eigenvalue weighted by Gasteiger charge is 2.25. The standard InChI is InChI=1S/C29H34N8O/c1-35(25-13-20-36(21-14-25)18-4-2-3-15-30)28(38)23-7-9-24(10-8-23)32-29-33-27-26(6-5-19-37(27)34-29)22-11-16-31-17-12-22/h2-3,5-11,19,25,31H,4,12-14,16-18,20-21H2,1H3,(H,32,34). The second-order valence-corrected chi connectivity index (χ2v) is 9.82. The Morgan fingerprint density at radius 1 is 1.26 bits per heavy atom. The first kappa shape index (κ1) is 25.6. The highest BCUT2D eigenvalue weighted by molar-refractivity contribution is 5.94. The maximum atomic E-state index is 13.2. The number of carbonyl (C=O) groups is 1. The smallest absolute Gasteiger partial charge is 0.253 e. The summed E-state index contributed by atoms with van der Waals surface area (Å²) in [5.41, 5.74) is 4.74. The summed E-state index contributed by atoms with van der Waals surface area (Å²) in [5, 5.41) is 19.8. The highest BCUT2D eigenvalue weighted by atomic mass is 16.2. The molecule has 0 unspecified atom stereocenters. The van der Waals surface area contributed by atoms with E-state index in [0.29, 0.717) is 11.5 Å². The molecule has 2 aliphatic heterocycles. The number of fused-ring (bicyclic) bond motifs is 1. The number of aromatic nitrogens is 3. The Morgan fingerprint density at radius 2 is 2.08 bits per heavy atom. The number of benzene rings is 1. The molecule has 2 aliphatic rings. The highest BCUT2D eigenvalue weighted by Crippen LogP contribution is 2.25. The summed E-state index contributed by atoms with van der Waals surface area (Å²) in [7, 11) is 1.90. The molecular weight excluding hydrogens is 476 g/mol. The van der Waals surface area contributed by atoms with Gasteiger partial charge in [0, 0.05) is 68.4 Å². The predicted molar refractivity (Wildman–Crippen MR) is 149 cm³/mol. The molecule has 1 fully saturated rings. The van der Waals surface area contributed by atoms with Crippen molar-refractivity contribution in [2.75, 3.05) is 45.1 Å². The molecule has 1 saturated heterocycles. The van der Waals surface area contributed by atoms with E-state index in [9.17, 15) is 4.79 Å². The van der Waals surface area contributed by atoms with Crippen molar-refractivity contribution in [2.45, 2.75) is 31.7 Å². The van der Waals surface area contributed by atoms with Gasteiger partial charge in [0.25, 0.3) is 5.91 Å². The number of carbonyl (C=O) groups excluding carboxylic acids is 1. The number of allylic oxidation sites excluding steroid dienone is 1. The molecule has 1 aromatic carbocycles. The van der Waals surface area contributed by atoms with Gasteiger partial charge in [-0.1, -0.05) is 12.2 Å². The fourth-order valence-corrected chi connectivity index (χ4v) is 5.20. The Hall–Kier alpha value is -4.00. The number of piperidine rings is 1. The third-order valence-corrected chi connectivity index (χ3v) is 7.39. The fourth-order valence-electron chi connectivity index (χ4n) is 5.20. The molecule has 4 heterocycles. The average Bonchev–Trinajstić information content (AvgIpc) is 3.38. The number of hydrogen-bond acceptors (Lipinski definition) is 7. The van der Waals surface area contributed by atoms with E-state index >= 15 is 0 Å². The molecule has 9 heteroatoms. The van der Waals surface area contributed by atoms with Crippen LogP contribution < -0.4 is 10.6 Å². The Morgan fingerprint density at radius 3 is 2.82 bits per heavy atom. The number of pyridine rings is 1. The second-order valence-electron chi connectivity index (χ2n) is 9.82. The number of nitriles is 1. The summed E-state index contributed by atoms with van der Waals surface area (Å²) in [4.78, 5) is 22.2. The van der Waals surface area contributed by atoms with Gasteiger partial charge in [-0.3, -0.25) is 4.79 Å². The number of hydrogen-bond donors (Lipinski definition) is 2. The zero-order valence-corrected chi connectivity index (χ0v) is 21.8. The normalized spacial score (nSPS) is 16.9. The molecule has 5 rings (SSSR count). The van der Waals surface area contributed by atoms with Gasteiger partial charge in [-0.05, 0) is 74.2 Å². The minimum absolute atomic E-state index is 0.0395. The Kier molecular flexibility index (Phi) is 8.12. The lowest BCUT2D eigenvalue weighted by Crippen LogP contribution is -2.45. The van der Waals surface area contributed by atoms with Crippen LogP contribution in [0.1, 0.15) is 41.6 Å². The Balaban J connectivity index is 1.19. The summed E-state index contributed by atoms with van der Waals surface area (Å²) < 4.78 is 1.81. The van der Waals surface area contributed by atoms with E-state index in [0.717, 1.165) is 75.3 Å². The van der Waals surface area contributed by atoms with Gasteiger partial charge in [0.1, 0.15) is 0 Å². The first-order valence-corrected chi connectivity index (χ1v) is 13.3. The van der Waals surface area contributed by atoms with Crippen molar-refractivity contribution < 1.29 is 4.79 Å². The van der Waals surface area contributed by atoms with Gasteiger partial charge < -0.3 is 20.4 Å². The van der Waals surface area contributed by atoms with Crippen molar-refractivity contribution in [2.24, 2.45) is 0 Å². The van der Waals surface area contributed by atoms with E-state index in [1.807, 2.05) is 65.1 Å². The maximum Gasteiger partial charge on any atom is 0.253 e.